The predicted octanol–water partition coefficient (Wildman–Crippen LogP) is 12.6. The van der Waals surface area contributed by atoms with Crippen molar-refractivity contribution in [2.75, 3.05) is 0 Å². The van der Waals surface area contributed by atoms with Crippen molar-refractivity contribution < 1.29 is 26.0 Å². The summed E-state index contributed by atoms with van der Waals surface area (Å²) in [5.74, 6) is 0.0150. The number of rotatable bonds is 4. The van der Waals surface area contributed by atoms with E-state index in [1.54, 1.807) is 66.7 Å². The predicted molar refractivity (Wildman–Crippen MR) is 210 cm³/mol. The Labute approximate surface area is 318 Å². The van der Waals surface area contributed by atoms with Crippen molar-refractivity contribution in [3.63, 3.8) is 0 Å². The minimum absolute atomic E-state index is 0.00677. The zero-order chi connectivity index (χ0) is 49.7. The average Bonchev–Trinajstić information content (AvgIpc) is 3.85. The zero-order valence-corrected chi connectivity index (χ0v) is 26.1. The number of fused-ring (bicyclic) bond motifs is 6. The van der Waals surface area contributed by atoms with Gasteiger partial charge in [-0.25, -0.2) is 4.98 Å². The summed E-state index contributed by atoms with van der Waals surface area (Å²) in [7, 11) is 0. The first-order valence-corrected chi connectivity index (χ1v) is 15.8. The normalized spacial score (nSPS) is 19.1. The lowest BCUT2D eigenvalue weighted by atomic mass is 9.80. The first-order chi connectivity index (χ1) is 32.5. The molecule has 0 aliphatic heterocycles. The summed E-state index contributed by atoms with van der Waals surface area (Å²) in [6, 6.07) is 15.4. The van der Waals surface area contributed by atoms with Gasteiger partial charge in [-0.15, -0.1) is 0 Å². The summed E-state index contributed by atoms with van der Waals surface area (Å²) in [6.45, 7) is -6.37. The highest BCUT2D eigenvalue weighted by atomic mass is 15.1. The summed E-state index contributed by atoms with van der Waals surface area (Å²) in [4.78, 5) is 4.91. The largest absolute Gasteiger partial charge is 0.292 e. The minimum Gasteiger partial charge on any atom is -0.292 e. The third-order valence-corrected chi connectivity index (χ3v) is 9.42. The highest BCUT2D eigenvalue weighted by Crippen LogP contribution is 2.51. The SMILES string of the molecule is [2H]c1c([2H])c([2H])c(-n2c(-c3ccccc3-c3c4c([2H])c([2H])c([2H])c([2H])c4c(-c4ccc5c(c4)C(C([2H])([2H])[2H])(C([2H])([2H])[2H])c4ccccc4-5)c4c([2H])c([2H])c([2H])c([2H])c34)nc3ccccc32)c([2H])c1[2H]. The molecule has 0 atom stereocenters. The van der Waals surface area contributed by atoms with Gasteiger partial charge in [-0.2, -0.15) is 0 Å². The molecule has 0 N–H and O–H groups in total. The van der Waals surface area contributed by atoms with Crippen LogP contribution < -0.4 is 0 Å². The maximum Gasteiger partial charge on any atom is 0.146 e. The molecule has 9 aromatic rings. The fraction of sp³-hybridized carbons (Fsp3) is 0.0625. The maximum atomic E-state index is 9.61. The van der Waals surface area contributed by atoms with Crippen molar-refractivity contribution in [1.82, 2.24) is 9.55 Å². The van der Waals surface area contributed by atoms with Crippen LogP contribution in [0.15, 0.2) is 170 Å². The Bertz CT molecular complexity index is 3630. The first kappa shape index (κ1) is 15.5. The Balaban J connectivity index is 1.41. The van der Waals surface area contributed by atoms with E-state index < -0.39 is 97.7 Å². The van der Waals surface area contributed by atoms with Gasteiger partial charge >= 0.3 is 0 Å². The molecule has 0 saturated carbocycles. The molecule has 10 rings (SSSR count). The third-order valence-electron chi connectivity index (χ3n) is 9.42. The van der Waals surface area contributed by atoms with Crippen molar-refractivity contribution >= 4 is 32.6 Å². The van der Waals surface area contributed by atoms with Gasteiger partial charge in [0.1, 0.15) is 5.82 Å². The number of imidazole rings is 1. The lowest BCUT2D eigenvalue weighted by Crippen LogP contribution is -2.14. The third kappa shape index (κ3) is 4.12. The van der Waals surface area contributed by atoms with Crippen LogP contribution in [-0.2, 0) is 5.41 Å². The fourth-order valence-electron chi connectivity index (χ4n) is 7.30. The van der Waals surface area contributed by atoms with Gasteiger partial charge in [-0.3, -0.25) is 4.57 Å². The molecule has 0 unspecified atom stereocenters. The molecule has 50 heavy (non-hydrogen) atoms. The van der Waals surface area contributed by atoms with Gasteiger partial charge in [-0.05, 0) is 96.3 Å². The van der Waals surface area contributed by atoms with Crippen LogP contribution in [0.5, 0.6) is 0 Å². The minimum atomic E-state index is -3.19. The van der Waals surface area contributed by atoms with E-state index in [4.69, 9.17) is 25.5 Å². The lowest BCUT2D eigenvalue weighted by molar-refractivity contribution is 0.660. The smallest absolute Gasteiger partial charge is 0.146 e. The van der Waals surface area contributed by atoms with Crippen LogP contribution >= 0.6 is 0 Å². The molecule has 2 nitrogen and oxygen atoms in total. The highest BCUT2D eigenvalue weighted by molar-refractivity contribution is 6.22. The van der Waals surface area contributed by atoms with E-state index >= 15 is 0 Å². The number of aromatic nitrogens is 2. The standard InChI is InChI=1S/C48H34N2/c1-48(2)41-25-13-12-18-33(41)34-29-28-31(30-42(34)48)45-35-19-6-8-21-37(35)46(38-22-9-7-20-36(38)45)39-23-10-11-24-40(39)47-49-43-26-14-15-27-44(43)50(47)32-16-4-3-5-17-32/h3-30H,1-2H3/i1D3,2D3,3D,4D,5D,6D,7D,8D,9D,16D,17D,19D,20D,21D,22D. The van der Waals surface area contributed by atoms with E-state index in [1.165, 1.54) is 28.8 Å². The highest BCUT2D eigenvalue weighted by Gasteiger charge is 2.35. The number of hydrogen-bond acceptors (Lipinski definition) is 1. The van der Waals surface area contributed by atoms with Crippen molar-refractivity contribution in [1.29, 1.82) is 0 Å². The second-order valence-corrected chi connectivity index (χ2v) is 12.1. The molecule has 236 valence electrons. The number of para-hydroxylation sites is 3. The number of nitrogens with zero attached hydrogens (tertiary/aromatic N) is 2. The van der Waals surface area contributed by atoms with Crippen molar-refractivity contribution in [3.05, 3.63) is 181 Å². The van der Waals surface area contributed by atoms with Crippen LogP contribution in [-0.4, -0.2) is 9.55 Å². The van der Waals surface area contributed by atoms with Gasteiger partial charge in [0.25, 0.3) is 0 Å². The molecular formula is C48H34N2. The molecule has 1 heterocycles. The molecule has 0 radical (unpaired) electrons. The van der Waals surface area contributed by atoms with Gasteiger partial charge < -0.3 is 0 Å². The van der Waals surface area contributed by atoms with Crippen molar-refractivity contribution in [2.45, 2.75) is 19.1 Å². The molecule has 0 spiro atoms. The van der Waals surface area contributed by atoms with E-state index in [0.29, 0.717) is 16.6 Å². The van der Waals surface area contributed by atoms with E-state index in [-0.39, 0.29) is 77.6 Å². The van der Waals surface area contributed by atoms with Gasteiger partial charge in [0.05, 0.1) is 28.9 Å². The maximum absolute atomic E-state index is 9.61. The topological polar surface area (TPSA) is 17.8 Å². The molecule has 1 aliphatic carbocycles. The zero-order valence-electron chi connectivity index (χ0n) is 45.1. The van der Waals surface area contributed by atoms with Crippen molar-refractivity contribution in [3.8, 4) is 50.5 Å². The Kier molecular flexibility index (Phi) is 3.38. The van der Waals surface area contributed by atoms with Crippen LogP contribution in [0.4, 0.5) is 0 Å². The Morgan fingerprint density at radius 2 is 1.12 bits per heavy atom. The molecule has 0 fully saturated rings. The number of benzene rings is 8. The number of hydrogen-bond donors (Lipinski definition) is 0. The fourth-order valence-corrected chi connectivity index (χ4v) is 7.30. The van der Waals surface area contributed by atoms with E-state index in [0.717, 1.165) is 0 Å². The van der Waals surface area contributed by atoms with Crippen LogP contribution in [0.1, 0.15) is 50.9 Å². The molecular weight excluding hydrogens is 605 g/mol. The summed E-state index contributed by atoms with van der Waals surface area (Å²) in [5, 5.41) is -0.890. The first-order valence-electron chi connectivity index (χ1n) is 25.3. The van der Waals surface area contributed by atoms with E-state index in [1.807, 2.05) is 0 Å². The summed E-state index contributed by atoms with van der Waals surface area (Å²) in [6.07, 6.45) is 0. The van der Waals surface area contributed by atoms with Gasteiger partial charge in [-0.1, -0.05) is 153 Å². The summed E-state index contributed by atoms with van der Waals surface area (Å²) in [5.41, 5.74) is -1.59. The van der Waals surface area contributed by atoms with Gasteiger partial charge in [0.2, 0.25) is 0 Å². The molecule has 2 heteroatoms. The Morgan fingerprint density at radius 3 is 1.84 bits per heavy atom. The quantitative estimate of drug-likeness (QED) is 0.172. The Hall–Kier alpha value is -6.25. The van der Waals surface area contributed by atoms with Crippen LogP contribution in [0.2, 0.25) is 0 Å². The van der Waals surface area contributed by atoms with E-state index in [9.17, 15) is 5.48 Å². The van der Waals surface area contributed by atoms with Crippen LogP contribution in [0.3, 0.4) is 0 Å². The van der Waals surface area contributed by atoms with Gasteiger partial charge in [0.15, 0.2) is 0 Å². The van der Waals surface area contributed by atoms with Crippen LogP contribution in [0, 0.1) is 0 Å². The average molecular weight is 658 g/mol. The molecule has 0 amide bonds. The molecule has 0 saturated heterocycles. The van der Waals surface area contributed by atoms with Crippen LogP contribution in [0.25, 0.3) is 83.0 Å². The summed E-state index contributed by atoms with van der Waals surface area (Å²) < 4.78 is 172. The second-order valence-electron chi connectivity index (χ2n) is 12.1. The Morgan fingerprint density at radius 1 is 0.540 bits per heavy atom. The summed E-state index contributed by atoms with van der Waals surface area (Å²) >= 11 is 0. The molecule has 0 bridgehead atoms. The van der Waals surface area contributed by atoms with Gasteiger partial charge in [0, 0.05) is 24.9 Å². The van der Waals surface area contributed by atoms with Crippen molar-refractivity contribution in [2.24, 2.45) is 0 Å². The molecule has 1 aliphatic rings. The monoisotopic (exact) mass is 657 g/mol. The molecule has 8 aromatic carbocycles. The lowest BCUT2D eigenvalue weighted by Gasteiger charge is -2.23. The molecule has 1 aromatic heterocycles. The second kappa shape index (κ2) is 10.9. The van der Waals surface area contributed by atoms with E-state index in [2.05, 4.69) is 0 Å².